The lowest BCUT2D eigenvalue weighted by atomic mass is 10.1. The van der Waals surface area contributed by atoms with Crippen molar-refractivity contribution in [1.82, 2.24) is 0 Å². The molecule has 8 nitrogen and oxygen atoms in total. The van der Waals surface area contributed by atoms with Crippen molar-refractivity contribution < 1.29 is 30.5 Å². The zero-order valence-corrected chi connectivity index (χ0v) is 28.1. The van der Waals surface area contributed by atoms with E-state index in [1.54, 1.807) is 23.1 Å². The number of fused-ring (bicyclic) bond motifs is 6. The molecule has 0 saturated heterocycles. The van der Waals surface area contributed by atoms with Gasteiger partial charge in [-0.3, -0.25) is 9.11 Å². The molecular weight excluding hydrogens is 649 g/mol. The predicted octanol–water partition coefficient (Wildman–Crippen LogP) is 7.17. The number of benzene rings is 4. The second kappa shape index (κ2) is 13.0. The lowest BCUT2D eigenvalue weighted by Gasteiger charge is -2.28. The van der Waals surface area contributed by atoms with Crippen LogP contribution in [0.15, 0.2) is 83.3 Å². The molecule has 1 aliphatic heterocycles. The van der Waals surface area contributed by atoms with Crippen LogP contribution in [0.4, 0.5) is 5.69 Å². The molecule has 6 rings (SSSR count). The Morgan fingerprint density at radius 3 is 2.22 bits per heavy atom. The van der Waals surface area contributed by atoms with E-state index in [1.807, 2.05) is 24.3 Å². The quantitative estimate of drug-likeness (QED) is 0.105. The topological polar surface area (TPSA) is 116 Å². The SMILES string of the molecule is CC/C(=C/c1sc2ccc3ccccc3c2[n+]1CCCS(=O)(=O)O)CC1Sc2ccc3ccccc3c2N1CCCS(=O)(=O)O. The first-order chi connectivity index (χ1) is 21.5. The average molecular weight is 684 g/mol. The van der Waals surface area contributed by atoms with Gasteiger partial charge < -0.3 is 4.90 Å². The molecule has 5 aromatic rings. The lowest BCUT2D eigenvalue weighted by molar-refractivity contribution is -0.667. The van der Waals surface area contributed by atoms with E-state index in [4.69, 9.17) is 0 Å². The van der Waals surface area contributed by atoms with Crippen LogP contribution < -0.4 is 9.47 Å². The third-order valence-electron chi connectivity index (χ3n) is 8.18. The van der Waals surface area contributed by atoms with E-state index < -0.39 is 20.2 Å². The van der Waals surface area contributed by atoms with E-state index in [-0.39, 0.29) is 23.3 Å². The Balaban J connectivity index is 1.38. The highest BCUT2D eigenvalue weighted by Gasteiger charge is 2.32. The third-order valence-corrected chi connectivity index (χ3v) is 12.2. The van der Waals surface area contributed by atoms with Gasteiger partial charge in [-0.25, -0.2) is 0 Å². The zero-order valence-electron chi connectivity index (χ0n) is 24.8. The molecule has 1 atom stereocenters. The van der Waals surface area contributed by atoms with Crippen LogP contribution in [-0.4, -0.2) is 49.4 Å². The first-order valence-corrected chi connectivity index (χ1v) is 19.8. The smallest absolute Gasteiger partial charge is 0.265 e. The second-order valence-electron chi connectivity index (χ2n) is 11.3. The molecule has 12 heteroatoms. The fourth-order valence-corrected chi connectivity index (χ4v) is 9.72. The number of anilines is 1. The van der Waals surface area contributed by atoms with Gasteiger partial charge in [-0.2, -0.15) is 21.4 Å². The lowest BCUT2D eigenvalue weighted by Crippen LogP contribution is -2.36. The van der Waals surface area contributed by atoms with Crippen LogP contribution in [0.2, 0.25) is 0 Å². The van der Waals surface area contributed by atoms with Gasteiger partial charge in [-0.05, 0) is 48.2 Å². The molecule has 2 N–H and O–H groups in total. The molecule has 236 valence electrons. The number of hydrogen-bond donors (Lipinski definition) is 2. The van der Waals surface area contributed by atoms with Gasteiger partial charge in [0, 0.05) is 29.3 Å². The molecule has 0 amide bonds. The van der Waals surface area contributed by atoms with Crippen molar-refractivity contribution in [1.29, 1.82) is 0 Å². The summed E-state index contributed by atoms with van der Waals surface area (Å²) in [5.41, 5.74) is 3.36. The van der Waals surface area contributed by atoms with E-state index in [1.165, 1.54) is 5.57 Å². The van der Waals surface area contributed by atoms with Gasteiger partial charge in [0.05, 0.1) is 28.0 Å². The van der Waals surface area contributed by atoms with Gasteiger partial charge >= 0.3 is 0 Å². The minimum atomic E-state index is -4.08. The number of aromatic nitrogens is 1. The Hall–Kier alpha value is -3.00. The van der Waals surface area contributed by atoms with Crippen LogP contribution in [0.1, 0.15) is 37.6 Å². The molecule has 1 unspecified atom stereocenters. The normalized spacial score (nSPS) is 15.8. The molecule has 2 heterocycles. The molecule has 0 bridgehead atoms. The maximum absolute atomic E-state index is 11.6. The zero-order chi connectivity index (χ0) is 31.8. The van der Waals surface area contributed by atoms with Crippen molar-refractivity contribution in [2.75, 3.05) is 23.0 Å². The fourth-order valence-electron chi connectivity index (χ4n) is 6.12. The van der Waals surface area contributed by atoms with Gasteiger partial charge in [0.15, 0.2) is 6.54 Å². The molecule has 0 radical (unpaired) electrons. The minimum Gasteiger partial charge on any atom is -0.357 e. The highest BCUT2D eigenvalue weighted by atomic mass is 32.2. The number of nitrogens with zero attached hydrogens (tertiary/aromatic N) is 2. The largest absolute Gasteiger partial charge is 0.357 e. The summed E-state index contributed by atoms with van der Waals surface area (Å²) in [4.78, 5) is 3.44. The fraction of sp³-hybridized carbons (Fsp3) is 0.303. The van der Waals surface area contributed by atoms with Crippen molar-refractivity contribution in [2.45, 2.75) is 49.4 Å². The summed E-state index contributed by atoms with van der Waals surface area (Å²) in [6, 6.07) is 24.8. The highest BCUT2D eigenvalue weighted by molar-refractivity contribution is 8.00. The molecule has 4 aromatic carbocycles. The summed E-state index contributed by atoms with van der Waals surface area (Å²) >= 11 is 3.44. The van der Waals surface area contributed by atoms with Crippen molar-refractivity contribution >= 4 is 86.9 Å². The van der Waals surface area contributed by atoms with Gasteiger partial charge in [-0.1, -0.05) is 90.2 Å². The maximum Gasteiger partial charge on any atom is 0.265 e. The number of rotatable bonds is 12. The molecule has 1 aliphatic rings. The van der Waals surface area contributed by atoms with Crippen molar-refractivity contribution in [3.63, 3.8) is 0 Å². The first-order valence-electron chi connectivity index (χ1n) is 14.9. The summed E-state index contributed by atoms with van der Waals surface area (Å²) in [6.07, 6.45) is 4.33. The van der Waals surface area contributed by atoms with Crippen LogP contribution >= 0.6 is 23.1 Å². The van der Waals surface area contributed by atoms with E-state index in [0.717, 1.165) is 60.2 Å². The molecular formula is C33H35N2O6S4+. The second-order valence-corrected chi connectivity index (χ2v) is 16.7. The Labute approximate surface area is 271 Å². The van der Waals surface area contributed by atoms with Crippen LogP contribution in [0, 0.1) is 0 Å². The Morgan fingerprint density at radius 2 is 1.51 bits per heavy atom. The minimum absolute atomic E-state index is 0.0293. The number of aryl methyl sites for hydroxylation is 1. The molecule has 1 aromatic heterocycles. The number of thioether (sulfide) groups is 1. The number of hydrogen-bond acceptors (Lipinski definition) is 7. The van der Waals surface area contributed by atoms with Crippen molar-refractivity contribution in [3.8, 4) is 0 Å². The first kappa shape index (κ1) is 32.0. The van der Waals surface area contributed by atoms with Crippen LogP contribution in [0.3, 0.4) is 0 Å². The maximum atomic E-state index is 11.6. The van der Waals surface area contributed by atoms with Crippen molar-refractivity contribution in [2.24, 2.45) is 0 Å². The Bertz CT molecular complexity index is 2140. The van der Waals surface area contributed by atoms with E-state index >= 15 is 0 Å². The van der Waals surface area contributed by atoms with Gasteiger partial charge in [-0.15, -0.1) is 0 Å². The highest BCUT2D eigenvalue weighted by Crippen LogP contribution is 2.49. The van der Waals surface area contributed by atoms with Crippen LogP contribution in [0.25, 0.3) is 37.8 Å². The monoisotopic (exact) mass is 683 g/mol. The molecule has 0 fully saturated rings. The van der Waals surface area contributed by atoms with E-state index in [2.05, 4.69) is 71.0 Å². The summed E-state index contributed by atoms with van der Waals surface area (Å²) in [5.74, 6) is -0.605. The van der Waals surface area contributed by atoms with E-state index in [0.29, 0.717) is 19.5 Å². The van der Waals surface area contributed by atoms with E-state index in [9.17, 15) is 25.9 Å². The number of thiazole rings is 1. The summed E-state index contributed by atoms with van der Waals surface area (Å²) in [6.45, 7) is 3.05. The molecule has 45 heavy (non-hydrogen) atoms. The average Bonchev–Trinajstić information content (AvgIpc) is 3.53. The standard InChI is InChI=1S/C33H34N2O6S4/c1-2-23(21-30-34(17-7-19-44(36,37)38)32-26-11-5-3-9-24(26)13-15-28(32)42-30)22-31-35(18-8-20-45(39,40)41)33-27-12-6-4-10-25(27)14-16-29(33)43-31/h3-6,9-16,21,31H,2,7-8,17-20,22H2,1H3,(H-,36,37,38,39,40,41)/p+1/b23-21-. The van der Waals surface area contributed by atoms with Crippen LogP contribution in [-0.2, 0) is 26.8 Å². The summed E-state index contributed by atoms with van der Waals surface area (Å²) in [5, 5.41) is 5.47. The van der Waals surface area contributed by atoms with Gasteiger partial charge in [0.1, 0.15) is 4.70 Å². The van der Waals surface area contributed by atoms with Crippen molar-refractivity contribution in [3.05, 3.63) is 83.4 Å². The third kappa shape index (κ3) is 7.21. The summed E-state index contributed by atoms with van der Waals surface area (Å²) < 4.78 is 68.4. The Morgan fingerprint density at radius 1 is 0.867 bits per heavy atom. The van der Waals surface area contributed by atoms with Crippen LogP contribution in [0.5, 0.6) is 0 Å². The molecule has 0 spiro atoms. The predicted molar refractivity (Wildman–Crippen MR) is 185 cm³/mol. The Kier molecular flexibility index (Phi) is 9.24. The molecule has 0 saturated carbocycles. The summed E-state index contributed by atoms with van der Waals surface area (Å²) in [7, 11) is -8.15. The van der Waals surface area contributed by atoms with Gasteiger partial charge in [0.25, 0.3) is 25.2 Å². The van der Waals surface area contributed by atoms with Gasteiger partial charge in [0.2, 0.25) is 5.52 Å². The molecule has 0 aliphatic carbocycles.